The molecule has 0 saturated carbocycles. The third-order valence-corrected chi connectivity index (χ3v) is 5.47. The molecule has 0 aliphatic heterocycles. The first kappa shape index (κ1) is 20.4. The van der Waals surface area contributed by atoms with Crippen LogP contribution in [0.15, 0.2) is 34.8 Å². The molecule has 3 aromatic rings. The zero-order chi connectivity index (χ0) is 19.6. The van der Waals surface area contributed by atoms with Gasteiger partial charge >= 0.3 is 0 Å². The number of rotatable bonds is 6. The van der Waals surface area contributed by atoms with Gasteiger partial charge < -0.3 is 15.6 Å². The maximum atomic E-state index is 14.4. The monoisotopic (exact) mass is 491 g/mol. The summed E-state index contributed by atoms with van der Waals surface area (Å²) in [6.07, 6.45) is 0. The number of aromatic nitrogens is 2. The van der Waals surface area contributed by atoms with Gasteiger partial charge in [-0.2, -0.15) is 0 Å². The van der Waals surface area contributed by atoms with E-state index in [1.54, 1.807) is 12.1 Å². The first-order valence-electron chi connectivity index (χ1n) is 7.66. The molecule has 0 spiro atoms. The summed E-state index contributed by atoms with van der Waals surface area (Å²) in [7, 11) is 0. The van der Waals surface area contributed by atoms with Gasteiger partial charge in [0, 0.05) is 26.7 Å². The minimum Gasteiger partial charge on any atom is -0.489 e. The molecule has 1 atom stereocenters. The van der Waals surface area contributed by atoms with Gasteiger partial charge in [0.25, 0.3) is 0 Å². The largest absolute Gasteiger partial charge is 0.489 e. The highest BCUT2D eigenvalue weighted by Gasteiger charge is 2.17. The van der Waals surface area contributed by atoms with Gasteiger partial charge in [-0.15, -0.1) is 10.2 Å². The van der Waals surface area contributed by atoms with E-state index in [1.165, 1.54) is 23.5 Å². The van der Waals surface area contributed by atoms with Gasteiger partial charge in [0.05, 0.1) is 17.7 Å². The van der Waals surface area contributed by atoms with Crippen LogP contribution in [-0.2, 0) is 0 Å². The van der Waals surface area contributed by atoms with Crippen molar-refractivity contribution >= 4 is 50.5 Å². The number of ether oxygens (including phenoxy) is 1. The molecule has 0 radical (unpaired) electrons. The van der Waals surface area contributed by atoms with Crippen LogP contribution in [0.25, 0.3) is 21.1 Å². The quantitative estimate of drug-likeness (QED) is 0.517. The smallest absolute Gasteiger partial charge is 0.165 e. The summed E-state index contributed by atoms with van der Waals surface area (Å²) in [5, 5.41) is 19.1. The van der Waals surface area contributed by atoms with Crippen LogP contribution in [0.5, 0.6) is 5.75 Å². The molecule has 142 valence electrons. The van der Waals surface area contributed by atoms with Crippen LogP contribution in [0.3, 0.4) is 0 Å². The molecule has 0 aliphatic carbocycles. The lowest BCUT2D eigenvalue weighted by Crippen LogP contribution is -2.31. The molecule has 27 heavy (non-hydrogen) atoms. The van der Waals surface area contributed by atoms with Crippen LogP contribution in [0.2, 0.25) is 10.0 Å². The second kappa shape index (κ2) is 8.81. The molecule has 5 nitrogen and oxygen atoms in total. The maximum absolute atomic E-state index is 14.4. The summed E-state index contributed by atoms with van der Waals surface area (Å²) < 4.78 is 20.4. The molecule has 1 aromatic heterocycles. The minimum atomic E-state index is -0.609. The molecule has 3 N–H and O–H groups in total. The van der Waals surface area contributed by atoms with Crippen LogP contribution in [0, 0.1) is 5.82 Å². The fourth-order valence-corrected chi connectivity index (χ4v) is 4.20. The molecular formula is C17H13BrCl2FN3O2S. The Morgan fingerprint density at radius 1 is 1.19 bits per heavy atom. The second-order valence-electron chi connectivity index (χ2n) is 5.59. The number of hydrogen-bond donors (Lipinski definition) is 2. The van der Waals surface area contributed by atoms with E-state index in [9.17, 15) is 4.39 Å². The highest BCUT2D eigenvalue weighted by molar-refractivity contribution is 9.10. The van der Waals surface area contributed by atoms with Crippen molar-refractivity contribution in [3.8, 4) is 26.9 Å². The number of aliphatic hydroxyl groups excluding tert-OH is 1. The number of halogens is 4. The Balaban J connectivity index is 1.89. The predicted molar refractivity (Wildman–Crippen MR) is 109 cm³/mol. The summed E-state index contributed by atoms with van der Waals surface area (Å²) in [6.45, 7) is -0.295. The Hall–Kier alpha value is -1.29. The highest BCUT2D eigenvalue weighted by Crippen LogP contribution is 2.38. The lowest BCUT2D eigenvalue weighted by atomic mass is 10.2. The van der Waals surface area contributed by atoms with Gasteiger partial charge in [0.15, 0.2) is 11.6 Å². The number of benzene rings is 2. The molecule has 0 bridgehead atoms. The SMILES string of the molecule is NC(CO)COc1cc(Cl)c(-c2nnc(-c3cc(Cl)cc(Br)c3)s2)cc1F. The van der Waals surface area contributed by atoms with Crippen molar-refractivity contribution in [3.05, 3.63) is 50.7 Å². The van der Waals surface area contributed by atoms with Crippen LogP contribution in [-0.4, -0.2) is 34.6 Å². The fourth-order valence-electron chi connectivity index (χ4n) is 2.18. The Bertz CT molecular complexity index is 953. The first-order valence-corrected chi connectivity index (χ1v) is 10.0. The number of hydrogen-bond acceptors (Lipinski definition) is 6. The topological polar surface area (TPSA) is 81.3 Å². The van der Waals surface area contributed by atoms with Crippen molar-refractivity contribution in [1.29, 1.82) is 0 Å². The first-order chi connectivity index (χ1) is 12.9. The second-order valence-corrected chi connectivity index (χ2v) is 8.32. The molecule has 1 heterocycles. The lowest BCUT2D eigenvalue weighted by molar-refractivity contribution is 0.202. The summed E-state index contributed by atoms with van der Waals surface area (Å²) >= 11 is 17.0. The van der Waals surface area contributed by atoms with Crippen LogP contribution < -0.4 is 10.5 Å². The molecule has 0 aliphatic rings. The van der Waals surface area contributed by atoms with E-state index in [1.807, 2.05) is 6.07 Å². The van der Waals surface area contributed by atoms with Crippen LogP contribution in [0.4, 0.5) is 4.39 Å². The van der Waals surface area contributed by atoms with E-state index in [0.29, 0.717) is 20.6 Å². The fraction of sp³-hybridized carbons (Fsp3) is 0.176. The van der Waals surface area contributed by atoms with Crippen molar-refractivity contribution in [2.45, 2.75) is 6.04 Å². The van der Waals surface area contributed by atoms with E-state index in [2.05, 4.69) is 26.1 Å². The van der Waals surface area contributed by atoms with Gasteiger partial charge in [-0.1, -0.05) is 50.5 Å². The van der Waals surface area contributed by atoms with Crippen molar-refractivity contribution in [3.63, 3.8) is 0 Å². The number of nitrogens with zero attached hydrogens (tertiary/aromatic N) is 2. The Morgan fingerprint density at radius 3 is 2.63 bits per heavy atom. The predicted octanol–water partition coefficient (Wildman–Crippen LogP) is 4.78. The van der Waals surface area contributed by atoms with Gasteiger partial charge in [-0.3, -0.25) is 0 Å². The zero-order valence-electron chi connectivity index (χ0n) is 13.6. The Morgan fingerprint density at radius 2 is 1.93 bits per heavy atom. The van der Waals surface area contributed by atoms with E-state index in [0.717, 1.165) is 10.0 Å². The molecule has 2 aromatic carbocycles. The average Bonchev–Trinajstić information content (AvgIpc) is 3.10. The summed E-state index contributed by atoms with van der Waals surface area (Å²) in [4.78, 5) is 0. The van der Waals surface area contributed by atoms with Crippen molar-refractivity contribution < 1.29 is 14.2 Å². The molecule has 10 heteroatoms. The molecule has 1 unspecified atom stereocenters. The summed E-state index contributed by atoms with van der Waals surface area (Å²) in [5.74, 6) is -0.655. The van der Waals surface area contributed by atoms with Crippen molar-refractivity contribution in [2.24, 2.45) is 5.73 Å². The van der Waals surface area contributed by atoms with Gasteiger partial charge in [0.1, 0.15) is 16.6 Å². The third kappa shape index (κ3) is 4.96. The van der Waals surface area contributed by atoms with Gasteiger partial charge in [-0.05, 0) is 24.3 Å². The standard InChI is InChI=1S/C17H13BrCl2FN3O2S/c18-9-1-8(2-10(19)3-9)16-23-24-17(27-16)12-4-14(21)15(5-13(12)20)26-7-11(22)6-25/h1-5,11,25H,6-7,22H2. The van der Waals surface area contributed by atoms with E-state index >= 15 is 0 Å². The van der Waals surface area contributed by atoms with Crippen LogP contribution in [0.1, 0.15) is 0 Å². The zero-order valence-corrected chi connectivity index (χ0v) is 17.5. The van der Waals surface area contributed by atoms with Gasteiger partial charge in [-0.25, -0.2) is 4.39 Å². The third-order valence-electron chi connectivity index (χ3n) is 3.47. The number of nitrogens with two attached hydrogens (primary N) is 1. The van der Waals surface area contributed by atoms with Gasteiger partial charge in [0.2, 0.25) is 0 Å². The number of aliphatic hydroxyl groups is 1. The molecule has 3 rings (SSSR count). The average molecular weight is 493 g/mol. The molecule has 0 saturated heterocycles. The minimum absolute atomic E-state index is 0.0320. The molecular weight excluding hydrogens is 480 g/mol. The summed E-state index contributed by atoms with van der Waals surface area (Å²) in [5.41, 5.74) is 6.73. The Labute approximate surface area is 177 Å². The molecule has 0 amide bonds. The molecule has 0 fully saturated rings. The van der Waals surface area contributed by atoms with Crippen molar-refractivity contribution in [2.75, 3.05) is 13.2 Å². The van der Waals surface area contributed by atoms with Crippen LogP contribution >= 0.6 is 50.5 Å². The maximum Gasteiger partial charge on any atom is 0.165 e. The van der Waals surface area contributed by atoms with E-state index in [-0.39, 0.29) is 24.0 Å². The highest BCUT2D eigenvalue weighted by atomic mass is 79.9. The lowest BCUT2D eigenvalue weighted by Gasteiger charge is -2.12. The normalized spacial score (nSPS) is 12.2. The Kier molecular flexibility index (Phi) is 6.67. The van der Waals surface area contributed by atoms with E-state index in [4.69, 9.17) is 38.8 Å². The summed E-state index contributed by atoms with van der Waals surface area (Å²) in [6, 6.07) is 7.37. The van der Waals surface area contributed by atoms with E-state index < -0.39 is 11.9 Å². The van der Waals surface area contributed by atoms with Crippen molar-refractivity contribution in [1.82, 2.24) is 10.2 Å².